The minimum atomic E-state index is 0.468. The van der Waals surface area contributed by atoms with E-state index in [1.807, 2.05) is 12.3 Å². The summed E-state index contributed by atoms with van der Waals surface area (Å²) in [6.45, 7) is 6.52. The molecule has 6 nitrogen and oxygen atoms in total. The van der Waals surface area contributed by atoms with Gasteiger partial charge in [-0.3, -0.25) is 14.8 Å². The molecule has 0 N–H and O–H groups in total. The molecule has 0 radical (unpaired) electrons. The van der Waals surface area contributed by atoms with Crippen LogP contribution in [0.25, 0.3) is 10.9 Å². The van der Waals surface area contributed by atoms with Gasteiger partial charge in [0.2, 0.25) is 0 Å². The fourth-order valence-corrected chi connectivity index (χ4v) is 4.90. The predicted octanol–water partition coefficient (Wildman–Crippen LogP) is 3.34. The Kier molecular flexibility index (Phi) is 5.29. The maximum absolute atomic E-state index is 4.62. The molecule has 1 atom stereocenters. The van der Waals surface area contributed by atoms with Gasteiger partial charge in [0.15, 0.2) is 0 Å². The van der Waals surface area contributed by atoms with Gasteiger partial charge in [-0.1, -0.05) is 12.1 Å². The van der Waals surface area contributed by atoms with Crippen molar-refractivity contribution in [3.8, 4) is 0 Å². The summed E-state index contributed by atoms with van der Waals surface area (Å²) in [5.74, 6) is 2.74. The molecule has 0 amide bonds. The van der Waals surface area contributed by atoms with Gasteiger partial charge in [0.05, 0.1) is 12.1 Å². The minimum absolute atomic E-state index is 0.468. The Balaban J connectivity index is 1.27. The average Bonchev–Trinajstić information content (AvgIpc) is 3.39. The molecule has 2 fully saturated rings. The molecule has 6 heteroatoms. The maximum atomic E-state index is 4.62. The first-order valence-corrected chi connectivity index (χ1v) is 10.9. The Morgan fingerprint density at radius 2 is 1.83 bits per heavy atom. The van der Waals surface area contributed by atoms with E-state index in [0.717, 1.165) is 43.3 Å². The smallest absolute Gasteiger partial charge is 0.146 e. The topological polar surface area (TPSA) is 50.1 Å². The van der Waals surface area contributed by atoms with Crippen LogP contribution in [0.1, 0.15) is 48.8 Å². The molecule has 2 aliphatic heterocycles. The van der Waals surface area contributed by atoms with E-state index in [-0.39, 0.29) is 0 Å². The van der Waals surface area contributed by atoms with Crippen LogP contribution in [-0.2, 0) is 20.1 Å². The monoisotopic (exact) mass is 390 g/mol. The molecule has 1 aromatic carbocycles. The summed E-state index contributed by atoms with van der Waals surface area (Å²) in [7, 11) is 2.15. The largest absolute Gasteiger partial charge is 0.317 e. The molecule has 3 aromatic rings. The van der Waals surface area contributed by atoms with Gasteiger partial charge in [-0.25, -0.2) is 0 Å². The minimum Gasteiger partial charge on any atom is -0.317 e. The molecule has 4 heterocycles. The van der Waals surface area contributed by atoms with E-state index in [1.165, 1.54) is 49.7 Å². The highest BCUT2D eigenvalue weighted by atomic mass is 15.3. The van der Waals surface area contributed by atoms with E-state index in [9.17, 15) is 0 Å². The molecule has 2 saturated heterocycles. The Labute approximate surface area is 172 Å². The molecule has 2 aliphatic rings. The summed E-state index contributed by atoms with van der Waals surface area (Å²) in [5.41, 5.74) is 2.43. The standard InChI is InChI=1S/C23H30N6/c1-27-22(17-28-11-2-3-12-28)25-26-23(27)20-7-5-13-29(16-20)15-18-8-9-21-19(14-18)6-4-10-24-21/h4,6,8-10,14,20H,2-3,5,7,11-13,15-17H2,1H3/t20-/m1/s1. The van der Waals surface area contributed by atoms with Crippen molar-refractivity contribution in [1.82, 2.24) is 29.5 Å². The highest BCUT2D eigenvalue weighted by Gasteiger charge is 2.26. The number of piperidine rings is 1. The number of aromatic nitrogens is 4. The van der Waals surface area contributed by atoms with Crippen molar-refractivity contribution >= 4 is 10.9 Å². The van der Waals surface area contributed by atoms with Crippen LogP contribution in [0.3, 0.4) is 0 Å². The molecule has 29 heavy (non-hydrogen) atoms. The van der Waals surface area contributed by atoms with Crippen molar-refractivity contribution in [1.29, 1.82) is 0 Å². The molecule has 5 rings (SSSR count). The van der Waals surface area contributed by atoms with Crippen LogP contribution >= 0.6 is 0 Å². The Morgan fingerprint density at radius 3 is 2.72 bits per heavy atom. The van der Waals surface area contributed by atoms with Crippen molar-refractivity contribution < 1.29 is 0 Å². The average molecular weight is 391 g/mol. The third-order valence-corrected chi connectivity index (χ3v) is 6.51. The molecule has 0 aliphatic carbocycles. The summed E-state index contributed by atoms with van der Waals surface area (Å²) in [6, 6.07) is 10.8. The van der Waals surface area contributed by atoms with Crippen LogP contribution in [0.5, 0.6) is 0 Å². The van der Waals surface area contributed by atoms with Gasteiger partial charge in [-0.2, -0.15) is 0 Å². The van der Waals surface area contributed by atoms with E-state index < -0.39 is 0 Å². The van der Waals surface area contributed by atoms with Gasteiger partial charge >= 0.3 is 0 Å². The molecule has 0 saturated carbocycles. The summed E-state index contributed by atoms with van der Waals surface area (Å²) < 4.78 is 2.26. The van der Waals surface area contributed by atoms with E-state index in [2.05, 4.69) is 60.9 Å². The van der Waals surface area contributed by atoms with Gasteiger partial charge in [-0.05, 0) is 69.1 Å². The predicted molar refractivity (Wildman–Crippen MR) is 115 cm³/mol. The summed E-state index contributed by atoms with van der Waals surface area (Å²) >= 11 is 0. The molecular formula is C23H30N6. The zero-order chi connectivity index (χ0) is 19.6. The Morgan fingerprint density at radius 1 is 0.966 bits per heavy atom. The van der Waals surface area contributed by atoms with E-state index in [0.29, 0.717) is 5.92 Å². The van der Waals surface area contributed by atoms with Crippen LogP contribution in [0.2, 0.25) is 0 Å². The second-order valence-electron chi connectivity index (χ2n) is 8.62. The lowest BCUT2D eigenvalue weighted by Gasteiger charge is -2.32. The number of benzene rings is 1. The van der Waals surface area contributed by atoms with Crippen molar-refractivity contribution in [3.63, 3.8) is 0 Å². The molecule has 2 aromatic heterocycles. The van der Waals surface area contributed by atoms with Gasteiger partial charge in [0.25, 0.3) is 0 Å². The second kappa shape index (κ2) is 8.20. The summed E-state index contributed by atoms with van der Waals surface area (Å²) in [4.78, 5) is 9.50. The van der Waals surface area contributed by atoms with Crippen LogP contribution in [-0.4, -0.2) is 55.7 Å². The number of nitrogens with zero attached hydrogens (tertiary/aromatic N) is 6. The van der Waals surface area contributed by atoms with Crippen molar-refractivity contribution in [2.45, 2.75) is 44.7 Å². The van der Waals surface area contributed by atoms with Crippen molar-refractivity contribution in [2.75, 3.05) is 26.2 Å². The molecular weight excluding hydrogens is 360 g/mol. The third-order valence-electron chi connectivity index (χ3n) is 6.51. The Bertz CT molecular complexity index is 974. The first kappa shape index (κ1) is 18.7. The number of pyridine rings is 1. The van der Waals surface area contributed by atoms with Crippen LogP contribution in [0.4, 0.5) is 0 Å². The number of hydrogen-bond acceptors (Lipinski definition) is 5. The molecule has 152 valence electrons. The fraction of sp³-hybridized carbons (Fsp3) is 0.522. The first-order chi connectivity index (χ1) is 14.3. The second-order valence-corrected chi connectivity index (χ2v) is 8.62. The zero-order valence-electron chi connectivity index (χ0n) is 17.3. The summed E-state index contributed by atoms with van der Waals surface area (Å²) in [5, 5.41) is 10.4. The molecule has 0 unspecified atom stereocenters. The SMILES string of the molecule is Cn1c(CN2CCCC2)nnc1[C@@H]1CCCN(Cc2ccc3ncccc3c2)C1. The van der Waals surface area contributed by atoms with Crippen molar-refractivity contribution in [2.24, 2.45) is 7.05 Å². The lowest BCUT2D eigenvalue weighted by molar-refractivity contribution is 0.195. The van der Waals surface area contributed by atoms with Gasteiger partial charge in [0, 0.05) is 37.6 Å². The summed E-state index contributed by atoms with van der Waals surface area (Å²) in [6.07, 6.45) is 6.90. The van der Waals surface area contributed by atoms with E-state index >= 15 is 0 Å². The maximum Gasteiger partial charge on any atom is 0.146 e. The van der Waals surface area contributed by atoms with E-state index in [4.69, 9.17) is 0 Å². The number of fused-ring (bicyclic) bond motifs is 1. The van der Waals surface area contributed by atoms with Crippen molar-refractivity contribution in [3.05, 3.63) is 53.7 Å². The third kappa shape index (κ3) is 4.05. The molecule has 0 spiro atoms. The Hall–Kier alpha value is -2.31. The lowest BCUT2D eigenvalue weighted by Crippen LogP contribution is -2.35. The van der Waals surface area contributed by atoms with Crippen LogP contribution in [0, 0.1) is 0 Å². The number of rotatable bonds is 5. The highest BCUT2D eigenvalue weighted by Crippen LogP contribution is 2.27. The number of hydrogen-bond donors (Lipinski definition) is 0. The lowest BCUT2D eigenvalue weighted by atomic mass is 9.96. The van der Waals surface area contributed by atoms with E-state index in [1.54, 1.807) is 0 Å². The van der Waals surface area contributed by atoms with Gasteiger partial charge < -0.3 is 4.57 Å². The quantitative estimate of drug-likeness (QED) is 0.669. The fourth-order valence-electron chi connectivity index (χ4n) is 4.90. The first-order valence-electron chi connectivity index (χ1n) is 10.9. The molecule has 0 bridgehead atoms. The van der Waals surface area contributed by atoms with Crippen LogP contribution in [0.15, 0.2) is 36.5 Å². The van der Waals surface area contributed by atoms with Crippen LogP contribution < -0.4 is 0 Å². The normalized spacial score (nSPS) is 21.2. The zero-order valence-corrected chi connectivity index (χ0v) is 17.3. The highest BCUT2D eigenvalue weighted by molar-refractivity contribution is 5.78. The number of likely N-dealkylation sites (tertiary alicyclic amines) is 2. The van der Waals surface area contributed by atoms with Gasteiger partial charge in [0.1, 0.15) is 11.6 Å². The van der Waals surface area contributed by atoms with Gasteiger partial charge in [-0.15, -0.1) is 10.2 Å².